The van der Waals surface area contributed by atoms with E-state index in [2.05, 4.69) is 5.32 Å². The number of benzene rings is 1. The number of nitrogens with zero attached hydrogens (tertiary/aromatic N) is 1. The van der Waals surface area contributed by atoms with Crippen LogP contribution in [-0.4, -0.2) is 57.2 Å². The molecule has 1 heterocycles. The molecule has 2 amide bonds. The van der Waals surface area contributed by atoms with Crippen molar-refractivity contribution >= 4 is 23.4 Å². The van der Waals surface area contributed by atoms with E-state index in [-0.39, 0.29) is 24.3 Å². The summed E-state index contributed by atoms with van der Waals surface area (Å²) in [6, 6.07) is 6.94. The summed E-state index contributed by atoms with van der Waals surface area (Å²) in [5.74, 6) is -0.708. The Balaban J connectivity index is 2.26. The summed E-state index contributed by atoms with van der Waals surface area (Å²) in [5, 5.41) is 3.38. The largest absolute Gasteiger partial charge is 0.383 e. The normalized spacial score (nSPS) is 20.5. The zero-order chi connectivity index (χ0) is 17.5. The number of carbonyl (C=O) groups is 2. The van der Waals surface area contributed by atoms with Crippen molar-refractivity contribution in [3.8, 4) is 0 Å². The number of methoxy groups -OCH3 is 2. The minimum absolute atomic E-state index is 0.0659. The fraction of sp³-hybridized carbons (Fsp3) is 0.529. The van der Waals surface area contributed by atoms with Gasteiger partial charge in [-0.25, -0.2) is 0 Å². The number of rotatable bonds is 8. The van der Waals surface area contributed by atoms with Crippen molar-refractivity contribution in [1.29, 1.82) is 0 Å². The standard InChI is InChI=1S/C17H23ClN2O4/c1-23-9-7-19-17(22)13-11-15(21)20(8-10-24-2)16(13)12-5-3-4-6-14(12)18/h3-6,13,16H,7-11H2,1-2H3,(H,19,22)/t13-,16+/m1/s1. The Morgan fingerprint density at radius 1 is 1.29 bits per heavy atom. The molecule has 0 bridgehead atoms. The van der Waals surface area contributed by atoms with E-state index in [0.29, 0.717) is 31.3 Å². The van der Waals surface area contributed by atoms with E-state index in [9.17, 15) is 9.59 Å². The number of halogens is 1. The highest BCUT2D eigenvalue weighted by Gasteiger charge is 2.44. The minimum Gasteiger partial charge on any atom is -0.383 e. The van der Waals surface area contributed by atoms with E-state index >= 15 is 0 Å². The van der Waals surface area contributed by atoms with Crippen LogP contribution < -0.4 is 5.32 Å². The highest BCUT2D eigenvalue weighted by atomic mass is 35.5. The first-order valence-electron chi connectivity index (χ1n) is 7.89. The second-order valence-electron chi connectivity index (χ2n) is 5.64. The SMILES string of the molecule is COCCNC(=O)[C@@H]1CC(=O)N(CCOC)[C@H]1c1ccccc1Cl. The molecule has 132 valence electrons. The van der Waals surface area contributed by atoms with Crippen molar-refractivity contribution in [2.24, 2.45) is 5.92 Å². The molecular weight excluding hydrogens is 332 g/mol. The molecule has 6 nitrogen and oxygen atoms in total. The van der Waals surface area contributed by atoms with Crippen molar-refractivity contribution in [2.45, 2.75) is 12.5 Å². The monoisotopic (exact) mass is 354 g/mol. The number of hydrogen-bond donors (Lipinski definition) is 1. The maximum Gasteiger partial charge on any atom is 0.226 e. The fourth-order valence-corrected chi connectivity index (χ4v) is 3.23. The van der Waals surface area contributed by atoms with E-state index in [4.69, 9.17) is 21.1 Å². The number of ether oxygens (including phenoxy) is 2. The lowest BCUT2D eigenvalue weighted by Gasteiger charge is -2.28. The third kappa shape index (κ3) is 4.26. The quantitative estimate of drug-likeness (QED) is 0.721. The van der Waals surface area contributed by atoms with Gasteiger partial charge in [-0.2, -0.15) is 0 Å². The molecule has 2 atom stereocenters. The molecule has 1 aromatic carbocycles. The molecule has 0 radical (unpaired) electrons. The van der Waals surface area contributed by atoms with E-state index in [1.165, 1.54) is 0 Å². The molecule has 1 aliphatic heterocycles. The van der Waals surface area contributed by atoms with Gasteiger partial charge < -0.3 is 19.7 Å². The number of likely N-dealkylation sites (tertiary alicyclic amines) is 1. The Hall–Kier alpha value is -1.63. The van der Waals surface area contributed by atoms with Gasteiger partial charge in [-0.1, -0.05) is 29.8 Å². The molecule has 24 heavy (non-hydrogen) atoms. The minimum atomic E-state index is -0.480. The molecule has 0 aliphatic carbocycles. The van der Waals surface area contributed by atoms with Gasteiger partial charge in [0.2, 0.25) is 11.8 Å². The Bertz CT molecular complexity index is 581. The van der Waals surface area contributed by atoms with Crippen LogP contribution in [0.3, 0.4) is 0 Å². The molecule has 7 heteroatoms. The van der Waals surface area contributed by atoms with Crippen LogP contribution in [0.2, 0.25) is 5.02 Å². The van der Waals surface area contributed by atoms with Gasteiger partial charge in [0.15, 0.2) is 0 Å². The van der Waals surface area contributed by atoms with Gasteiger partial charge in [-0.3, -0.25) is 9.59 Å². The summed E-state index contributed by atoms with van der Waals surface area (Å²) in [6.07, 6.45) is 0.165. The third-order valence-electron chi connectivity index (χ3n) is 4.13. The average Bonchev–Trinajstić information content (AvgIpc) is 2.90. The van der Waals surface area contributed by atoms with Crippen LogP contribution in [0.15, 0.2) is 24.3 Å². The number of amides is 2. The highest BCUT2D eigenvalue weighted by molar-refractivity contribution is 6.31. The van der Waals surface area contributed by atoms with Crippen LogP contribution in [0.1, 0.15) is 18.0 Å². The first-order valence-corrected chi connectivity index (χ1v) is 8.27. The molecule has 0 spiro atoms. The summed E-state index contributed by atoms with van der Waals surface area (Å²) < 4.78 is 10.0. The van der Waals surface area contributed by atoms with Crippen molar-refractivity contribution in [3.63, 3.8) is 0 Å². The van der Waals surface area contributed by atoms with Crippen LogP contribution in [-0.2, 0) is 19.1 Å². The molecular formula is C17H23ClN2O4. The average molecular weight is 355 g/mol. The van der Waals surface area contributed by atoms with Gasteiger partial charge in [-0.15, -0.1) is 0 Å². The molecule has 1 aromatic rings. The third-order valence-corrected chi connectivity index (χ3v) is 4.48. The molecule has 0 unspecified atom stereocenters. The maximum atomic E-state index is 12.6. The van der Waals surface area contributed by atoms with E-state index < -0.39 is 5.92 Å². The van der Waals surface area contributed by atoms with Crippen LogP contribution >= 0.6 is 11.6 Å². The van der Waals surface area contributed by atoms with E-state index in [1.54, 1.807) is 25.2 Å². The Morgan fingerprint density at radius 2 is 2.00 bits per heavy atom. The van der Waals surface area contributed by atoms with Crippen molar-refractivity contribution in [1.82, 2.24) is 10.2 Å². The first-order chi connectivity index (χ1) is 11.6. The van der Waals surface area contributed by atoms with Crippen molar-refractivity contribution < 1.29 is 19.1 Å². The van der Waals surface area contributed by atoms with Crippen LogP contribution in [0, 0.1) is 5.92 Å². The molecule has 1 aliphatic rings. The van der Waals surface area contributed by atoms with Gasteiger partial charge >= 0.3 is 0 Å². The summed E-state index contributed by atoms with van der Waals surface area (Å²) in [6.45, 7) is 1.67. The van der Waals surface area contributed by atoms with E-state index in [1.807, 2.05) is 18.2 Å². The number of carbonyl (C=O) groups excluding carboxylic acids is 2. The van der Waals surface area contributed by atoms with E-state index in [0.717, 1.165) is 5.56 Å². The Kier molecular flexibility index (Phi) is 7.02. The Morgan fingerprint density at radius 3 is 2.67 bits per heavy atom. The van der Waals surface area contributed by atoms with Crippen molar-refractivity contribution in [2.75, 3.05) is 40.5 Å². The zero-order valence-electron chi connectivity index (χ0n) is 14.0. The summed E-state index contributed by atoms with van der Waals surface area (Å²) in [5.41, 5.74) is 0.785. The summed E-state index contributed by atoms with van der Waals surface area (Å²) in [7, 11) is 3.16. The molecule has 1 saturated heterocycles. The second kappa shape index (κ2) is 9.01. The van der Waals surface area contributed by atoms with Crippen LogP contribution in [0.4, 0.5) is 0 Å². The summed E-state index contributed by atoms with van der Waals surface area (Å²) in [4.78, 5) is 26.7. The Labute approximate surface area is 147 Å². The molecule has 1 fully saturated rings. The zero-order valence-corrected chi connectivity index (χ0v) is 14.7. The van der Waals surface area contributed by atoms with Gasteiger partial charge in [-0.05, 0) is 11.6 Å². The smallest absolute Gasteiger partial charge is 0.226 e. The predicted molar refractivity (Wildman–Crippen MR) is 90.8 cm³/mol. The maximum absolute atomic E-state index is 12.6. The lowest BCUT2D eigenvalue weighted by Crippen LogP contribution is -2.38. The van der Waals surface area contributed by atoms with Crippen LogP contribution in [0.25, 0.3) is 0 Å². The lowest BCUT2D eigenvalue weighted by molar-refractivity contribution is -0.129. The van der Waals surface area contributed by atoms with Crippen LogP contribution in [0.5, 0.6) is 0 Å². The lowest BCUT2D eigenvalue weighted by atomic mass is 9.92. The fourth-order valence-electron chi connectivity index (χ4n) is 2.99. The topological polar surface area (TPSA) is 67.9 Å². The predicted octanol–water partition coefficient (Wildman–Crippen LogP) is 1.64. The molecule has 1 N–H and O–H groups in total. The number of nitrogens with one attached hydrogen (secondary N) is 1. The van der Waals surface area contributed by atoms with Gasteiger partial charge in [0, 0.05) is 38.8 Å². The summed E-state index contributed by atoms with van der Waals surface area (Å²) >= 11 is 6.33. The van der Waals surface area contributed by atoms with Crippen molar-refractivity contribution in [3.05, 3.63) is 34.9 Å². The van der Waals surface area contributed by atoms with Gasteiger partial charge in [0.25, 0.3) is 0 Å². The van der Waals surface area contributed by atoms with Gasteiger partial charge in [0.05, 0.1) is 25.2 Å². The highest BCUT2D eigenvalue weighted by Crippen LogP contribution is 2.40. The molecule has 0 saturated carbocycles. The number of hydrogen-bond acceptors (Lipinski definition) is 4. The molecule has 2 rings (SSSR count). The second-order valence-corrected chi connectivity index (χ2v) is 6.05. The first kappa shape index (κ1) is 18.7. The van der Waals surface area contributed by atoms with Gasteiger partial charge in [0.1, 0.15) is 0 Å². The molecule has 0 aromatic heterocycles.